The molecule has 0 saturated heterocycles. The van der Waals surface area contributed by atoms with Gasteiger partial charge < -0.3 is 20.1 Å². The minimum Gasteiger partial charge on any atom is -0.508 e. The maximum absolute atomic E-state index is 12.5. The Hall–Kier alpha value is -3.03. The molecule has 1 aromatic heterocycles. The van der Waals surface area contributed by atoms with E-state index in [1.807, 2.05) is 20.8 Å². The van der Waals surface area contributed by atoms with E-state index in [9.17, 15) is 14.7 Å². The summed E-state index contributed by atoms with van der Waals surface area (Å²) in [6.45, 7) is 6.23. The Balaban J connectivity index is 1.71. The summed E-state index contributed by atoms with van der Waals surface area (Å²) in [5.41, 5.74) is 1.74. The van der Waals surface area contributed by atoms with Gasteiger partial charge in [-0.15, -0.1) is 0 Å². The Kier molecular flexibility index (Phi) is 4.58. The van der Waals surface area contributed by atoms with E-state index in [1.165, 1.54) is 12.1 Å². The molecular weight excluding hydrogens is 336 g/mol. The standard InChI is InChI=1S/C18H22N4O4/c1-18(2,3)26-17(25)22-8-7-13-14(10-22)20-21-15(13)16(24)19-11-5-4-6-12(23)9-11/h4-6,9,23H,7-8,10H2,1-3H3,(H,19,24)(H,20,21). The maximum Gasteiger partial charge on any atom is 0.410 e. The number of carbonyl (C=O) groups is 2. The fourth-order valence-corrected chi connectivity index (χ4v) is 2.76. The third-order valence-corrected chi connectivity index (χ3v) is 3.90. The molecule has 0 spiro atoms. The third-order valence-electron chi connectivity index (χ3n) is 3.90. The molecule has 26 heavy (non-hydrogen) atoms. The number of ether oxygens (including phenoxy) is 1. The molecule has 8 nitrogen and oxygen atoms in total. The van der Waals surface area contributed by atoms with Gasteiger partial charge in [0, 0.05) is 23.9 Å². The van der Waals surface area contributed by atoms with Crippen LogP contribution in [0, 0.1) is 0 Å². The number of hydrogen-bond acceptors (Lipinski definition) is 5. The smallest absolute Gasteiger partial charge is 0.410 e. The van der Waals surface area contributed by atoms with Crippen LogP contribution in [0.3, 0.4) is 0 Å². The highest BCUT2D eigenvalue weighted by Crippen LogP contribution is 2.23. The van der Waals surface area contributed by atoms with E-state index in [4.69, 9.17) is 4.74 Å². The highest BCUT2D eigenvalue weighted by atomic mass is 16.6. The number of nitrogens with one attached hydrogen (secondary N) is 2. The summed E-state index contributed by atoms with van der Waals surface area (Å²) in [6.07, 6.45) is 0.122. The van der Waals surface area contributed by atoms with Crippen molar-refractivity contribution in [3.63, 3.8) is 0 Å². The van der Waals surface area contributed by atoms with Crippen molar-refractivity contribution in [2.75, 3.05) is 11.9 Å². The summed E-state index contributed by atoms with van der Waals surface area (Å²) < 4.78 is 5.39. The van der Waals surface area contributed by atoms with Gasteiger partial charge in [0.1, 0.15) is 11.4 Å². The van der Waals surface area contributed by atoms with E-state index in [0.29, 0.717) is 30.9 Å². The first-order valence-electron chi connectivity index (χ1n) is 8.37. The Morgan fingerprint density at radius 3 is 2.81 bits per heavy atom. The van der Waals surface area contributed by atoms with Crippen LogP contribution in [-0.2, 0) is 17.7 Å². The van der Waals surface area contributed by atoms with Crippen LogP contribution in [0.25, 0.3) is 0 Å². The molecule has 0 bridgehead atoms. The lowest BCUT2D eigenvalue weighted by Crippen LogP contribution is -2.40. The highest BCUT2D eigenvalue weighted by molar-refractivity contribution is 6.04. The van der Waals surface area contributed by atoms with E-state index in [2.05, 4.69) is 15.5 Å². The van der Waals surface area contributed by atoms with Crippen molar-refractivity contribution in [2.45, 2.75) is 39.3 Å². The zero-order chi connectivity index (χ0) is 18.9. The van der Waals surface area contributed by atoms with Crippen LogP contribution in [0.2, 0.25) is 0 Å². The lowest BCUT2D eigenvalue weighted by molar-refractivity contribution is 0.0221. The SMILES string of the molecule is CC(C)(C)OC(=O)N1CCc2c(C(=O)Nc3cccc(O)c3)n[nH]c2C1. The second-order valence-electron chi connectivity index (χ2n) is 7.19. The van der Waals surface area contributed by atoms with Crippen LogP contribution < -0.4 is 5.32 Å². The maximum atomic E-state index is 12.5. The van der Waals surface area contributed by atoms with E-state index in [0.717, 1.165) is 11.3 Å². The quantitative estimate of drug-likeness (QED) is 0.765. The molecular formula is C18H22N4O4. The van der Waals surface area contributed by atoms with Gasteiger partial charge in [-0.2, -0.15) is 5.10 Å². The molecule has 0 aliphatic carbocycles. The molecule has 3 rings (SSSR count). The molecule has 2 amide bonds. The van der Waals surface area contributed by atoms with Crippen molar-refractivity contribution in [1.29, 1.82) is 0 Å². The molecule has 0 fully saturated rings. The number of carbonyl (C=O) groups excluding carboxylic acids is 2. The van der Waals surface area contributed by atoms with Gasteiger partial charge in [-0.25, -0.2) is 4.79 Å². The number of nitrogens with zero attached hydrogens (tertiary/aromatic N) is 2. The molecule has 2 heterocycles. The van der Waals surface area contributed by atoms with Crippen LogP contribution >= 0.6 is 0 Å². The Labute approximate surface area is 151 Å². The molecule has 0 radical (unpaired) electrons. The molecule has 0 unspecified atom stereocenters. The van der Waals surface area contributed by atoms with E-state index in [-0.39, 0.29) is 17.7 Å². The average molecular weight is 358 g/mol. The largest absolute Gasteiger partial charge is 0.508 e. The van der Waals surface area contributed by atoms with Crippen molar-refractivity contribution < 1.29 is 19.4 Å². The summed E-state index contributed by atoms with van der Waals surface area (Å²) in [7, 11) is 0. The van der Waals surface area contributed by atoms with Crippen LogP contribution in [0.1, 0.15) is 42.5 Å². The summed E-state index contributed by atoms with van der Waals surface area (Å²) in [6, 6.07) is 6.31. The number of H-pyrrole nitrogens is 1. The van der Waals surface area contributed by atoms with Gasteiger partial charge in [0.05, 0.1) is 12.2 Å². The lowest BCUT2D eigenvalue weighted by Gasteiger charge is -2.29. The average Bonchev–Trinajstić information content (AvgIpc) is 2.96. The third kappa shape index (κ3) is 3.96. The Morgan fingerprint density at radius 2 is 2.12 bits per heavy atom. The molecule has 138 valence electrons. The van der Waals surface area contributed by atoms with Gasteiger partial charge in [0.25, 0.3) is 5.91 Å². The lowest BCUT2D eigenvalue weighted by atomic mass is 10.0. The van der Waals surface area contributed by atoms with Gasteiger partial charge in [-0.05, 0) is 39.3 Å². The number of fused-ring (bicyclic) bond motifs is 1. The minimum atomic E-state index is -0.558. The minimum absolute atomic E-state index is 0.0693. The highest BCUT2D eigenvalue weighted by Gasteiger charge is 2.30. The number of phenols is 1. The monoisotopic (exact) mass is 358 g/mol. The first-order chi connectivity index (χ1) is 12.2. The molecule has 2 aromatic rings. The number of aromatic amines is 1. The normalized spacial score (nSPS) is 13.9. The Morgan fingerprint density at radius 1 is 1.35 bits per heavy atom. The number of amides is 2. The van der Waals surface area contributed by atoms with Gasteiger partial charge in [0.15, 0.2) is 5.69 Å². The van der Waals surface area contributed by atoms with Gasteiger partial charge in [-0.1, -0.05) is 6.07 Å². The molecule has 0 atom stereocenters. The number of aromatic hydroxyl groups is 1. The van der Waals surface area contributed by atoms with Gasteiger partial charge >= 0.3 is 6.09 Å². The Bertz CT molecular complexity index is 838. The van der Waals surface area contributed by atoms with Gasteiger partial charge in [-0.3, -0.25) is 9.89 Å². The van der Waals surface area contributed by atoms with Crippen LogP contribution in [0.15, 0.2) is 24.3 Å². The van der Waals surface area contributed by atoms with Crippen LogP contribution in [0.4, 0.5) is 10.5 Å². The van der Waals surface area contributed by atoms with Crippen molar-refractivity contribution in [2.24, 2.45) is 0 Å². The molecule has 1 aromatic carbocycles. The zero-order valence-electron chi connectivity index (χ0n) is 15.0. The summed E-state index contributed by atoms with van der Waals surface area (Å²) in [4.78, 5) is 26.3. The van der Waals surface area contributed by atoms with Crippen molar-refractivity contribution >= 4 is 17.7 Å². The second-order valence-corrected chi connectivity index (χ2v) is 7.19. The summed E-state index contributed by atoms with van der Waals surface area (Å²) >= 11 is 0. The van der Waals surface area contributed by atoms with Crippen LogP contribution in [0.5, 0.6) is 5.75 Å². The summed E-state index contributed by atoms with van der Waals surface area (Å²) in [5.74, 6) is -0.293. The first-order valence-corrected chi connectivity index (χ1v) is 8.37. The van der Waals surface area contributed by atoms with E-state index < -0.39 is 5.60 Å². The molecule has 1 aliphatic rings. The first kappa shape index (κ1) is 17.8. The van der Waals surface area contributed by atoms with Gasteiger partial charge in [0.2, 0.25) is 0 Å². The van der Waals surface area contributed by atoms with E-state index >= 15 is 0 Å². The van der Waals surface area contributed by atoms with E-state index in [1.54, 1.807) is 17.0 Å². The molecule has 0 saturated carbocycles. The predicted octanol–water partition coefficient (Wildman–Crippen LogP) is 2.66. The van der Waals surface area contributed by atoms with Crippen molar-refractivity contribution in [3.8, 4) is 5.75 Å². The van der Waals surface area contributed by atoms with Crippen molar-refractivity contribution in [3.05, 3.63) is 41.2 Å². The topological polar surface area (TPSA) is 108 Å². The number of rotatable bonds is 2. The number of benzene rings is 1. The molecule has 3 N–H and O–H groups in total. The zero-order valence-corrected chi connectivity index (χ0v) is 15.0. The fourth-order valence-electron chi connectivity index (χ4n) is 2.76. The second kappa shape index (κ2) is 6.70. The number of anilines is 1. The summed E-state index contributed by atoms with van der Waals surface area (Å²) in [5, 5.41) is 19.2. The molecule has 8 heteroatoms. The number of phenolic OH excluding ortho intramolecular Hbond substituents is 1. The van der Waals surface area contributed by atoms with Crippen molar-refractivity contribution in [1.82, 2.24) is 15.1 Å². The molecule has 1 aliphatic heterocycles. The fraction of sp³-hybridized carbons (Fsp3) is 0.389. The predicted molar refractivity (Wildman–Crippen MR) is 95.0 cm³/mol. The van der Waals surface area contributed by atoms with Crippen LogP contribution in [-0.4, -0.2) is 44.4 Å². The number of aromatic nitrogens is 2. The number of hydrogen-bond donors (Lipinski definition) is 3.